The molecule has 0 aromatic heterocycles. The van der Waals surface area contributed by atoms with Gasteiger partial charge in [-0.15, -0.1) is 0 Å². The first kappa shape index (κ1) is 18.5. The summed E-state index contributed by atoms with van der Waals surface area (Å²) in [6.07, 6.45) is -0.683. The molecule has 0 saturated heterocycles. The molecule has 1 atom stereocenters. The normalized spacial score (nSPS) is 11.4. The summed E-state index contributed by atoms with van der Waals surface area (Å²) >= 11 is 0. The van der Waals surface area contributed by atoms with Crippen LogP contribution >= 0.6 is 0 Å². The van der Waals surface area contributed by atoms with Crippen LogP contribution in [0.2, 0.25) is 0 Å². The predicted octanol–water partition coefficient (Wildman–Crippen LogP) is 3.82. The summed E-state index contributed by atoms with van der Waals surface area (Å²) in [4.78, 5) is 23.0. The molecule has 2 rings (SSSR count). The summed E-state index contributed by atoms with van der Waals surface area (Å²) in [6.45, 7) is 3.81. The number of carbonyl (C=O) groups is 2. The molecule has 0 heterocycles. The largest absolute Gasteiger partial charge is 0.489 e. The molecule has 0 bridgehead atoms. The first-order valence-corrected chi connectivity index (χ1v) is 8.18. The number of ether oxygens (including phenoxy) is 3. The molecule has 0 radical (unpaired) electrons. The molecular formula is C20H22O5. The monoisotopic (exact) mass is 342 g/mol. The van der Waals surface area contributed by atoms with Crippen molar-refractivity contribution in [1.29, 1.82) is 0 Å². The van der Waals surface area contributed by atoms with Crippen LogP contribution in [-0.4, -0.2) is 18.5 Å². The summed E-state index contributed by atoms with van der Waals surface area (Å²) in [5.74, 6) is -0.151. The quantitative estimate of drug-likeness (QED) is 0.683. The minimum atomic E-state index is -0.667. The van der Waals surface area contributed by atoms with Crippen LogP contribution in [0.15, 0.2) is 54.6 Å². The fourth-order valence-electron chi connectivity index (χ4n) is 2.32. The topological polar surface area (TPSA) is 61.8 Å². The van der Waals surface area contributed by atoms with Crippen LogP contribution in [0.5, 0.6) is 5.75 Å². The van der Waals surface area contributed by atoms with Gasteiger partial charge in [0.2, 0.25) is 0 Å². The van der Waals surface area contributed by atoms with Crippen LogP contribution in [0.3, 0.4) is 0 Å². The van der Waals surface area contributed by atoms with E-state index in [4.69, 9.17) is 14.2 Å². The van der Waals surface area contributed by atoms with Crippen molar-refractivity contribution in [3.05, 3.63) is 65.7 Å². The van der Waals surface area contributed by atoms with E-state index in [1.807, 2.05) is 30.3 Å². The highest BCUT2D eigenvalue weighted by molar-refractivity contribution is 5.72. The molecule has 0 saturated carbocycles. The molecule has 5 heteroatoms. The molecule has 0 aliphatic carbocycles. The number of rotatable bonds is 8. The van der Waals surface area contributed by atoms with E-state index in [9.17, 15) is 9.59 Å². The lowest BCUT2D eigenvalue weighted by Gasteiger charge is -2.17. The molecule has 2 aromatic carbocycles. The molecule has 0 aliphatic rings. The molecule has 0 unspecified atom stereocenters. The fourth-order valence-corrected chi connectivity index (χ4v) is 2.32. The van der Waals surface area contributed by atoms with E-state index in [1.165, 1.54) is 6.92 Å². The Morgan fingerprint density at radius 3 is 2.28 bits per heavy atom. The van der Waals surface area contributed by atoms with Crippen molar-refractivity contribution in [1.82, 2.24) is 0 Å². The SMILES string of the molecule is CCOC(=O)C[C@@H](OC(C)=O)c1ccc(OCc2ccccc2)cc1. The van der Waals surface area contributed by atoms with Gasteiger partial charge in [0, 0.05) is 6.92 Å². The first-order chi connectivity index (χ1) is 12.1. The zero-order chi connectivity index (χ0) is 18.1. The van der Waals surface area contributed by atoms with E-state index in [2.05, 4.69) is 0 Å². The van der Waals surface area contributed by atoms with E-state index < -0.39 is 18.0 Å². The van der Waals surface area contributed by atoms with Crippen molar-refractivity contribution in [2.24, 2.45) is 0 Å². The summed E-state index contributed by atoms with van der Waals surface area (Å²) in [6, 6.07) is 17.0. The second-order valence-corrected chi connectivity index (χ2v) is 5.45. The van der Waals surface area contributed by atoms with Crippen molar-refractivity contribution in [3.8, 4) is 5.75 Å². The number of benzene rings is 2. The molecule has 5 nitrogen and oxygen atoms in total. The van der Waals surface area contributed by atoms with Gasteiger partial charge >= 0.3 is 11.9 Å². The smallest absolute Gasteiger partial charge is 0.309 e. The number of esters is 2. The summed E-state index contributed by atoms with van der Waals surface area (Å²) < 4.78 is 15.9. The fraction of sp³-hybridized carbons (Fsp3) is 0.300. The van der Waals surface area contributed by atoms with Crippen LogP contribution < -0.4 is 4.74 Å². The average Bonchev–Trinajstić information content (AvgIpc) is 2.60. The van der Waals surface area contributed by atoms with Crippen LogP contribution in [-0.2, 0) is 25.7 Å². The average molecular weight is 342 g/mol. The molecule has 132 valence electrons. The van der Waals surface area contributed by atoms with E-state index in [1.54, 1.807) is 31.2 Å². The standard InChI is InChI=1S/C20H22O5/c1-3-23-20(22)13-19(25-15(2)21)17-9-11-18(12-10-17)24-14-16-7-5-4-6-8-16/h4-12,19H,3,13-14H2,1-2H3/t19-/m1/s1. The molecular weight excluding hydrogens is 320 g/mol. The van der Waals surface area contributed by atoms with Crippen molar-refractivity contribution in [3.63, 3.8) is 0 Å². The minimum absolute atomic E-state index is 0.0162. The molecule has 0 aliphatic heterocycles. The van der Waals surface area contributed by atoms with Gasteiger partial charge in [-0.3, -0.25) is 9.59 Å². The van der Waals surface area contributed by atoms with Crippen LogP contribution in [0.4, 0.5) is 0 Å². The van der Waals surface area contributed by atoms with Gasteiger partial charge in [-0.25, -0.2) is 0 Å². The lowest BCUT2D eigenvalue weighted by molar-refractivity contribution is -0.153. The molecule has 25 heavy (non-hydrogen) atoms. The Hall–Kier alpha value is -2.82. The van der Waals surface area contributed by atoms with Gasteiger partial charge in [0.05, 0.1) is 13.0 Å². The lowest BCUT2D eigenvalue weighted by atomic mass is 10.1. The van der Waals surface area contributed by atoms with Gasteiger partial charge in [0.15, 0.2) is 0 Å². The van der Waals surface area contributed by atoms with Gasteiger partial charge < -0.3 is 14.2 Å². The van der Waals surface area contributed by atoms with E-state index >= 15 is 0 Å². The Bertz CT molecular complexity index is 679. The minimum Gasteiger partial charge on any atom is -0.489 e. The maximum absolute atomic E-state index is 11.7. The van der Waals surface area contributed by atoms with Gasteiger partial charge in [-0.05, 0) is 30.2 Å². The van der Waals surface area contributed by atoms with Crippen molar-refractivity contribution < 1.29 is 23.8 Å². The van der Waals surface area contributed by atoms with Gasteiger partial charge in [-0.2, -0.15) is 0 Å². The van der Waals surface area contributed by atoms with Gasteiger partial charge in [-0.1, -0.05) is 42.5 Å². The molecule has 0 N–H and O–H groups in total. The van der Waals surface area contributed by atoms with Crippen molar-refractivity contribution >= 4 is 11.9 Å². The van der Waals surface area contributed by atoms with E-state index in [0.717, 1.165) is 11.1 Å². The molecule has 0 amide bonds. The predicted molar refractivity (Wildman–Crippen MR) is 93.0 cm³/mol. The van der Waals surface area contributed by atoms with Gasteiger partial charge in [0.1, 0.15) is 18.5 Å². The molecule has 2 aromatic rings. The highest BCUT2D eigenvalue weighted by atomic mass is 16.6. The summed E-state index contributed by atoms with van der Waals surface area (Å²) in [5, 5.41) is 0. The third kappa shape index (κ3) is 6.30. The molecule has 0 fully saturated rings. The highest BCUT2D eigenvalue weighted by Gasteiger charge is 2.20. The van der Waals surface area contributed by atoms with Crippen LogP contribution in [0.25, 0.3) is 0 Å². The Morgan fingerprint density at radius 2 is 1.68 bits per heavy atom. The van der Waals surface area contributed by atoms with Crippen LogP contribution in [0.1, 0.15) is 37.5 Å². The summed E-state index contributed by atoms with van der Waals surface area (Å²) in [5.41, 5.74) is 1.79. The zero-order valence-corrected chi connectivity index (χ0v) is 14.4. The number of carbonyl (C=O) groups excluding carboxylic acids is 2. The Balaban J connectivity index is 2.01. The lowest BCUT2D eigenvalue weighted by Crippen LogP contribution is -2.15. The van der Waals surface area contributed by atoms with Crippen molar-refractivity contribution in [2.45, 2.75) is 33.0 Å². The number of hydrogen-bond acceptors (Lipinski definition) is 5. The maximum Gasteiger partial charge on any atom is 0.309 e. The van der Waals surface area contributed by atoms with Gasteiger partial charge in [0.25, 0.3) is 0 Å². The second kappa shape index (κ2) is 9.47. The Morgan fingerprint density at radius 1 is 1.00 bits per heavy atom. The summed E-state index contributed by atoms with van der Waals surface area (Å²) in [7, 11) is 0. The van der Waals surface area contributed by atoms with E-state index in [0.29, 0.717) is 12.4 Å². The Labute approximate surface area is 147 Å². The molecule has 0 spiro atoms. The van der Waals surface area contributed by atoms with Crippen molar-refractivity contribution in [2.75, 3.05) is 6.61 Å². The zero-order valence-electron chi connectivity index (χ0n) is 14.4. The third-order valence-corrected chi connectivity index (χ3v) is 3.47. The maximum atomic E-state index is 11.7. The van der Waals surface area contributed by atoms with Crippen LogP contribution in [0, 0.1) is 0 Å². The highest BCUT2D eigenvalue weighted by Crippen LogP contribution is 2.25. The second-order valence-electron chi connectivity index (χ2n) is 5.45. The first-order valence-electron chi connectivity index (χ1n) is 8.18. The number of hydrogen-bond donors (Lipinski definition) is 0. The van der Waals surface area contributed by atoms with E-state index in [-0.39, 0.29) is 13.0 Å². The third-order valence-electron chi connectivity index (χ3n) is 3.47. The Kier molecular flexibility index (Phi) is 7.01.